The van der Waals surface area contributed by atoms with E-state index in [4.69, 9.17) is 0 Å². The number of halogens is 1. The normalized spacial score (nSPS) is 18.2. The SMILES string of the molecule is CCN1CCN(c2ncc(C(=O)N3CCN(c4ccc(F)cc4)CC3)cn2)CC1. The van der Waals surface area contributed by atoms with E-state index in [1.807, 2.05) is 4.90 Å². The summed E-state index contributed by atoms with van der Waals surface area (Å²) in [6.45, 7) is 9.77. The minimum atomic E-state index is -0.238. The minimum Gasteiger partial charge on any atom is -0.368 e. The summed E-state index contributed by atoms with van der Waals surface area (Å²) in [6, 6.07) is 6.49. The molecule has 0 bridgehead atoms. The summed E-state index contributed by atoms with van der Waals surface area (Å²) in [6.07, 6.45) is 3.28. The Balaban J connectivity index is 1.32. The number of anilines is 2. The Morgan fingerprint density at radius 1 is 0.897 bits per heavy atom. The molecule has 2 aliphatic heterocycles. The Bertz CT molecular complexity index is 812. The molecule has 1 amide bonds. The molecule has 4 rings (SSSR count). The van der Waals surface area contributed by atoms with Crippen molar-refractivity contribution in [1.82, 2.24) is 19.8 Å². The summed E-state index contributed by atoms with van der Waals surface area (Å²) < 4.78 is 13.1. The van der Waals surface area contributed by atoms with Gasteiger partial charge in [-0.2, -0.15) is 0 Å². The number of hydrogen-bond acceptors (Lipinski definition) is 6. The molecule has 0 aliphatic carbocycles. The minimum absolute atomic E-state index is 0.0360. The molecule has 7 nitrogen and oxygen atoms in total. The highest BCUT2D eigenvalue weighted by atomic mass is 19.1. The van der Waals surface area contributed by atoms with Crippen molar-refractivity contribution in [3.63, 3.8) is 0 Å². The lowest BCUT2D eigenvalue weighted by Crippen LogP contribution is -2.49. The van der Waals surface area contributed by atoms with Crippen molar-refractivity contribution in [3.8, 4) is 0 Å². The van der Waals surface area contributed by atoms with Crippen LogP contribution in [0.2, 0.25) is 0 Å². The first kappa shape index (κ1) is 19.6. The van der Waals surface area contributed by atoms with Gasteiger partial charge in [0.15, 0.2) is 0 Å². The maximum absolute atomic E-state index is 13.1. The third-order valence-corrected chi connectivity index (χ3v) is 5.75. The van der Waals surface area contributed by atoms with Gasteiger partial charge in [0.1, 0.15) is 5.82 Å². The van der Waals surface area contributed by atoms with Crippen LogP contribution in [0.4, 0.5) is 16.0 Å². The van der Waals surface area contributed by atoms with Gasteiger partial charge in [0.2, 0.25) is 5.95 Å². The average molecular weight is 398 g/mol. The molecule has 154 valence electrons. The van der Waals surface area contributed by atoms with Crippen LogP contribution in [0.15, 0.2) is 36.7 Å². The molecule has 2 saturated heterocycles. The zero-order valence-electron chi connectivity index (χ0n) is 16.8. The zero-order valence-corrected chi connectivity index (χ0v) is 16.8. The summed E-state index contributed by atoms with van der Waals surface area (Å²) in [5.41, 5.74) is 1.51. The number of piperazine rings is 2. The lowest BCUT2D eigenvalue weighted by molar-refractivity contribution is 0.0746. The number of benzene rings is 1. The fourth-order valence-corrected chi connectivity index (χ4v) is 3.86. The molecule has 2 aromatic rings. The van der Waals surface area contributed by atoms with Gasteiger partial charge >= 0.3 is 0 Å². The summed E-state index contributed by atoms with van der Waals surface area (Å²) in [5, 5.41) is 0. The molecule has 29 heavy (non-hydrogen) atoms. The van der Waals surface area contributed by atoms with Crippen molar-refractivity contribution in [3.05, 3.63) is 48.0 Å². The second kappa shape index (κ2) is 8.73. The molecular formula is C21H27FN6O. The van der Waals surface area contributed by atoms with Crippen LogP contribution in [-0.4, -0.2) is 84.6 Å². The molecule has 8 heteroatoms. The average Bonchev–Trinajstić information content (AvgIpc) is 2.79. The number of rotatable bonds is 4. The first-order chi connectivity index (χ1) is 14.1. The van der Waals surface area contributed by atoms with Crippen molar-refractivity contribution in [2.24, 2.45) is 0 Å². The van der Waals surface area contributed by atoms with Crippen LogP contribution in [-0.2, 0) is 0 Å². The van der Waals surface area contributed by atoms with Gasteiger partial charge in [-0.05, 0) is 30.8 Å². The van der Waals surface area contributed by atoms with Crippen molar-refractivity contribution in [2.75, 3.05) is 68.7 Å². The van der Waals surface area contributed by atoms with Gasteiger partial charge in [-0.25, -0.2) is 14.4 Å². The van der Waals surface area contributed by atoms with Crippen molar-refractivity contribution in [1.29, 1.82) is 0 Å². The van der Waals surface area contributed by atoms with E-state index in [0.717, 1.165) is 51.5 Å². The Morgan fingerprint density at radius 2 is 1.48 bits per heavy atom. The number of likely N-dealkylation sites (N-methyl/N-ethyl adjacent to an activating group) is 1. The van der Waals surface area contributed by atoms with Crippen LogP contribution in [0.25, 0.3) is 0 Å². The van der Waals surface area contributed by atoms with E-state index in [-0.39, 0.29) is 11.7 Å². The van der Waals surface area contributed by atoms with Gasteiger partial charge < -0.3 is 19.6 Å². The molecule has 2 aliphatic rings. The maximum atomic E-state index is 13.1. The van der Waals surface area contributed by atoms with Crippen molar-refractivity contribution < 1.29 is 9.18 Å². The fraction of sp³-hybridized carbons (Fsp3) is 0.476. The van der Waals surface area contributed by atoms with Crippen LogP contribution in [0, 0.1) is 5.82 Å². The summed E-state index contributed by atoms with van der Waals surface area (Å²) in [5.74, 6) is 0.419. The van der Waals surface area contributed by atoms with Gasteiger partial charge in [0.25, 0.3) is 5.91 Å². The van der Waals surface area contributed by atoms with E-state index in [0.29, 0.717) is 24.6 Å². The van der Waals surface area contributed by atoms with Crippen LogP contribution in [0.1, 0.15) is 17.3 Å². The van der Waals surface area contributed by atoms with Crippen LogP contribution in [0.5, 0.6) is 0 Å². The number of amides is 1. The largest absolute Gasteiger partial charge is 0.368 e. The predicted octanol–water partition coefficient (Wildman–Crippen LogP) is 1.72. The standard InChI is InChI=1S/C21H27FN6O/c1-2-25-7-9-28(10-8-25)21-23-15-17(16-24-21)20(29)27-13-11-26(12-14-27)19-5-3-18(22)4-6-19/h3-6,15-16H,2,7-14H2,1H3. The van der Waals surface area contributed by atoms with E-state index >= 15 is 0 Å². The molecule has 1 aromatic carbocycles. The molecule has 2 fully saturated rings. The first-order valence-electron chi connectivity index (χ1n) is 10.2. The lowest BCUT2D eigenvalue weighted by atomic mass is 10.2. The molecule has 0 saturated carbocycles. The van der Waals surface area contributed by atoms with Gasteiger partial charge in [0, 0.05) is 70.4 Å². The highest BCUT2D eigenvalue weighted by Crippen LogP contribution is 2.18. The second-order valence-electron chi connectivity index (χ2n) is 7.45. The molecule has 0 radical (unpaired) electrons. The first-order valence-corrected chi connectivity index (χ1v) is 10.2. The van der Waals surface area contributed by atoms with Gasteiger partial charge in [-0.1, -0.05) is 6.92 Å². The molecule has 1 aromatic heterocycles. The highest BCUT2D eigenvalue weighted by Gasteiger charge is 2.24. The zero-order chi connectivity index (χ0) is 20.2. The predicted molar refractivity (Wildman–Crippen MR) is 111 cm³/mol. The quantitative estimate of drug-likeness (QED) is 0.782. The van der Waals surface area contributed by atoms with Crippen molar-refractivity contribution >= 4 is 17.5 Å². The van der Waals surface area contributed by atoms with E-state index in [9.17, 15) is 9.18 Å². The smallest absolute Gasteiger partial charge is 0.257 e. The van der Waals surface area contributed by atoms with Crippen LogP contribution >= 0.6 is 0 Å². The Kier molecular flexibility index (Phi) is 5.89. The van der Waals surface area contributed by atoms with E-state index in [1.165, 1.54) is 12.1 Å². The van der Waals surface area contributed by atoms with E-state index < -0.39 is 0 Å². The third kappa shape index (κ3) is 4.48. The Hall–Kier alpha value is -2.74. The highest BCUT2D eigenvalue weighted by molar-refractivity contribution is 5.93. The number of carbonyl (C=O) groups is 1. The Morgan fingerprint density at radius 3 is 2.07 bits per heavy atom. The van der Waals surface area contributed by atoms with E-state index in [2.05, 4.69) is 31.6 Å². The topological polar surface area (TPSA) is 55.8 Å². The van der Waals surface area contributed by atoms with Gasteiger partial charge in [0.05, 0.1) is 5.56 Å². The molecule has 0 unspecified atom stereocenters. The Labute approximate surface area is 170 Å². The summed E-state index contributed by atoms with van der Waals surface area (Å²) in [7, 11) is 0. The molecule has 0 N–H and O–H groups in total. The molecule has 0 atom stereocenters. The lowest BCUT2D eigenvalue weighted by Gasteiger charge is -2.36. The fourth-order valence-electron chi connectivity index (χ4n) is 3.86. The molecule has 3 heterocycles. The van der Waals surface area contributed by atoms with Crippen LogP contribution < -0.4 is 9.80 Å². The third-order valence-electron chi connectivity index (χ3n) is 5.75. The van der Waals surface area contributed by atoms with E-state index in [1.54, 1.807) is 24.5 Å². The molecule has 0 spiro atoms. The number of nitrogens with zero attached hydrogens (tertiary/aromatic N) is 6. The number of carbonyl (C=O) groups excluding carboxylic acids is 1. The summed E-state index contributed by atoms with van der Waals surface area (Å²) in [4.78, 5) is 30.3. The monoisotopic (exact) mass is 398 g/mol. The van der Waals surface area contributed by atoms with Crippen molar-refractivity contribution in [2.45, 2.75) is 6.92 Å². The number of hydrogen-bond donors (Lipinski definition) is 0. The molecular weight excluding hydrogens is 371 g/mol. The summed E-state index contributed by atoms with van der Waals surface area (Å²) >= 11 is 0. The van der Waals surface area contributed by atoms with Gasteiger partial charge in [-0.3, -0.25) is 4.79 Å². The number of aromatic nitrogens is 2. The maximum Gasteiger partial charge on any atom is 0.257 e. The second-order valence-corrected chi connectivity index (χ2v) is 7.45. The van der Waals surface area contributed by atoms with Gasteiger partial charge in [-0.15, -0.1) is 0 Å². The van der Waals surface area contributed by atoms with Crippen LogP contribution in [0.3, 0.4) is 0 Å².